The molecule has 0 aliphatic carbocycles. The van der Waals surface area contributed by atoms with Crippen LogP contribution in [0.3, 0.4) is 0 Å². The number of nitrogens with zero attached hydrogens (tertiary/aromatic N) is 3. The lowest BCUT2D eigenvalue weighted by atomic mass is 9.90. The van der Waals surface area contributed by atoms with Crippen LogP contribution in [-0.2, 0) is 0 Å². The molecule has 0 saturated carbocycles. The van der Waals surface area contributed by atoms with Crippen LogP contribution in [0.4, 0.5) is 11.5 Å². The van der Waals surface area contributed by atoms with E-state index in [0.717, 1.165) is 5.56 Å². The molecule has 0 amide bonds. The number of nitro groups is 1. The van der Waals surface area contributed by atoms with Crippen molar-refractivity contribution in [2.24, 2.45) is 0 Å². The van der Waals surface area contributed by atoms with E-state index in [2.05, 4.69) is 11.1 Å². The second-order valence-electron chi connectivity index (χ2n) is 5.77. The molecule has 0 atom stereocenters. The van der Waals surface area contributed by atoms with Crippen molar-refractivity contribution in [2.45, 2.75) is 6.92 Å². The Kier molecular flexibility index (Phi) is 4.96. The molecule has 7 nitrogen and oxygen atoms in total. The molecule has 0 bridgehead atoms. The van der Waals surface area contributed by atoms with Crippen LogP contribution in [0.1, 0.15) is 11.3 Å². The van der Waals surface area contributed by atoms with Gasteiger partial charge in [-0.1, -0.05) is 30.3 Å². The van der Waals surface area contributed by atoms with Gasteiger partial charge in [0.05, 0.1) is 8.49 Å². The van der Waals surface area contributed by atoms with Crippen molar-refractivity contribution < 1.29 is 10.0 Å². The highest BCUT2D eigenvalue weighted by atomic mass is 127. The maximum Gasteiger partial charge on any atom is 0.312 e. The van der Waals surface area contributed by atoms with E-state index in [1.165, 1.54) is 6.07 Å². The zero-order valence-electron chi connectivity index (χ0n) is 14.1. The second kappa shape index (κ2) is 7.20. The average Bonchev–Trinajstić information content (AvgIpc) is 2.63. The number of aryl methyl sites for hydroxylation is 1. The van der Waals surface area contributed by atoms with Crippen molar-refractivity contribution in [3.05, 3.63) is 67.4 Å². The molecule has 0 aliphatic heterocycles. The molecule has 3 rings (SSSR count). The van der Waals surface area contributed by atoms with Crippen molar-refractivity contribution in [3.8, 4) is 34.1 Å². The van der Waals surface area contributed by atoms with Crippen molar-refractivity contribution >= 4 is 34.1 Å². The fourth-order valence-electron chi connectivity index (χ4n) is 2.95. The first-order valence-electron chi connectivity index (χ1n) is 7.78. The summed E-state index contributed by atoms with van der Waals surface area (Å²) in [5, 5.41) is 31.0. The molecule has 1 heterocycles. The average molecular weight is 472 g/mol. The Hall–Kier alpha value is -3.19. The number of nitrogen functional groups attached to an aromatic ring is 1. The van der Waals surface area contributed by atoms with Crippen LogP contribution in [-0.4, -0.2) is 15.0 Å². The smallest absolute Gasteiger partial charge is 0.312 e. The molecule has 0 aliphatic rings. The zero-order valence-corrected chi connectivity index (χ0v) is 16.3. The topological polar surface area (TPSA) is 126 Å². The number of hydrogen-bond acceptors (Lipinski definition) is 6. The van der Waals surface area contributed by atoms with Gasteiger partial charge in [0, 0.05) is 22.9 Å². The van der Waals surface area contributed by atoms with Crippen LogP contribution in [0.2, 0.25) is 0 Å². The lowest BCUT2D eigenvalue weighted by Crippen LogP contribution is -2.04. The Balaban J connectivity index is 2.46. The third-order valence-electron chi connectivity index (χ3n) is 4.11. The number of benzene rings is 2. The van der Waals surface area contributed by atoms with E-state index in [1.807, 2.05) is 52.9 Å². The fraction of sp³-hybridized carbons (Fsp3) is 0.0526. The van der Waals surface area contributed by atoms with Crippen LogP contribution in [0.5, 0.6) is 5.75 Å². The number of aromatic nitrogens is 1. The van der Waals surface area contributed by atoms with Crippen LogP contribution in [0, 0.1) is 31.9 Å². The summed E-state index contributed by atoms with van der Waals surface area (Å²) in [6.07, 6.45) is 0. The summed E-state index contributed by atoms with van der Waals surface area (Å²) in [6, 6.07) is 14.2. The number of nitro benzene ring substituents is 1. The third kappa shape index (κ3) is 3.29. The lowest BCUT2D eigenvalue weighted by Gasteiger charge is -2.16. The number of nitrogens with two attached hydrogens (primary N) is 1. The summed E-state index contributed by atoms with van der Waals surface area (Å²) in [6.45, 7) is 1.77. The molecule has 27 heavy (non-hydrogen) atoms. The number of rotatable bonds is 3. The molecule has 0 fully saturated rings. The predicted octanol–water partition coefficient (Wildman–Crippen LogP) is 4.40. The molecule has 0 unspecified atom stereocenters. The molecule has 0 saturated heterocycles. The fourth-order valence-corrected chi connectivity index (χ4v) is 3.57. The summed E-state index contributed by atoms with van der Waals surface area (Å²) < 4.78 is 0.299. The summed E-state index contributed by atoms with van der Waals surface area (Å²) in [4.78, 5) is 15.0. The number of aromatic hydroxyl groups is 1. The van der Waals surface area contributed by atoms with E-state index in [1.54, 1.807) is 13.0 Å². The largest absolute Gasteiger partial charge is 0.501 e. The van der Waals surface area contributed by atoms with Crippen molar-refractivity contribution in [1.29, 1.82) is 5.26 Å². The van der Waals surface area contributed by atoms with Gasteiger partial charge in [-0.25, -0.2) is 4.98 Å². The Morgan fingerprint density at radius 3 is 2.48 bits per heavy atom. The molecule has 0 spiro atoms. The highest BCUT2D eigenvalue weighted by Gasteiger charge is 2.24. The SMILES string of the molecule is Cc1nc(N)c(C#N)c(-c2cc(I)c(O)c([N+](=O)[O-])c2)c1-c1ccccc1. The summed E-state index contributed by atoms with van der Waals surface area (Å²) in [5.41, 5.74) is 8.59. The molecule has 3 aromatic rings. The zero-order chi connectivity index (χ0) is 19.7. The first kappa shape index (κ1) is 18.6. The molecule has 0 radical (unpaired) electrons. The number of hydrogen-bond donors (Lipinski definition) is 2. The van der Waals surface area contributed by atoms with E-state index in [9.17, 15) is 20.5 Å². The highest BCUT2D eigenvalue weighted by Crippen LogP contribution is 2.42. The van der Waals surface area contributed by atoms with Crippen molar-refractivity contribution in [1.82, 2.24) is 4.98 Å². The quantitative estimate of drug-likeness (QED) is 0.331. The number of phenolic OH excluding ortho intramolecular Hbond substituents is 1. The van der Waals surface area contributed by atoms with Crippen LogP contribution < -0.4 is 5.73 Å². The van der Waals surface area contributed by atoms with E-state index in [4.69, 9.17) is 5.73 Å². The molecule has 134 valence electrons. The van der Waals surface area contributed by atoms with Crippen LogP contribution in [0.25, 0.3) is 22.3 Å². The maximum atomic E-state index is 11.3. The third-order valence-corrected chi connectivity index (χ3v) is 4.93. The minimum Gasteiger partial charge on any atom is -0.501 e. The predicted molar refractivity (Wildman–Crippen MR) is 110 cm³/mol. The van der Waals surface area contributed by atoms with Gasteiger partial charge in [0.15, 0.2) is 0 Å². The van der Waals surface area contributed by atoms with Crippen molar-refractivity contribution in [3.63, 3.8) is 0 Å². The molecule has 1 aromatic heterocycles. The normalized spacial score (nSPS) is 10.4. The summed E-state index contributed by atoms with van der Waals surface area (Å²) in [7, 11) is 0. The molecule has 3 N–H and O–H groups in total. The van der Waals surface area contributed by atoms with Crippen LogP contribution in [0.15, 0.2) is 42.5 Å². The van der Waals surface area contributed by atoms with Gasteiger partial charge in [-0.2, -0.15) is 5.26 Å². The number of nitriles is 1. The Morgan fingerprint density at radius 1 is 1.22 bits per heavy atom. The van der Waals surface area contributed by atoms with Gasteiger partial charge in [-0.05, 0) is 46.7 Å². The minimum absolute atomic E-state index is 0.0513. The highest BCUT2D eigenvalue weighted by molar-refractivity contribution is 14.1. The Labute approximate surface area is 168 Å². The minimum atomic E-state index is -0.660. The van der Waals surface area contributed by atoms with Gasteiger partial charge in [0.25, 0.3) is 0 Å². The molecule has 2 aromatic carbocycles. The monoisotopic (exact) mass is 472 g/mol. The van der Waals surface area contributed by atoms with Gasteiger partial charge in [-0.15, -0.1) is 0 Å². The van der Waals surface area contributed by atoms with Crippen molar-refractivity contribution in [2.75, 3.05) is 5.73 Å². The van der Waals surface area contributed by atoms with E-state index < -0.39 is 16.4 Å². The van der Waals surface area contributed by atoms with Crippen LogP contribution >= 0.6 is 22.6 Å². The van der Waals surface area contributed by atoms with Gasteiger partial charge in [-0.3, -0.25) is 10.1 Å². The standard InChI is InChI=1S/C19H13IN4O3/c1-10-16(11-5-3-2-4-6-11)17(13(9-21)19(22)23-10)12-7-14(20)18(25)15(8-12)24(26)27/h2-8,25H,1H3,(H2,22,23). The first-order chi connectivity index (χ1) is 12.8. The summed E-state index contributed by atoms with van der Waals surface area (Å²) >= 11 is 1.82. The molecular weight excluding hydrogens is 459 g/mol. The van der Waals surface area contributed by atoms with Gasteiger partial charge < -0.3 is 10.8 Å². The van der Waals surface area contributed by atoms with Gasteiger partial charge in [0.2, 0.25) is 5.75 Å². The number of pyridine rings is 1. The Bertz CT molecular complexity index is 1110. The summed E-state index contributed by atoms with van der Waals surface area (Å²) in [5.74, 6) is -0.363. The second-order valence-corrected chi connectivity index (χ2v) is 6.93. The lowest BCUT2D eigenvalue weighted by molar-refractivity contribution is -0.385. The number of halogens is 1. The first-order valence-corrected chi connectivity index (χ1v) is 8.85. The van der Waals surface area contributed by atoms with E-state index in [-0.39, 0.29) is 11.4 Å². The number of anilines is 1. The maximum absolute atomic E-state index is 11.3. The van der Waals surface area contributed by atoms with E-state index in [0.29, 0.717) is 26.0 Å². The van der Waals surface area contributed by atoms with Gasteiger partial charge in [0.1, 0.15) is 17.5 Å². The molecule has 8 heteroatoms. The molecular formula is C19H13IN4O3. The van der Waals surface area contributed by atoms with Gasteiger partial charge >= 0.3 is 5.69 Å². The number of phenols is 1. The Morgan fingerprint density at radius 2 is 1.89 bits per heavy atom. The van der Waals surface area contributed by atoms with E-state index >= 15 is 0 Å².